The first-order chi connectivity index (χ1) is 14.0. The van der Waals surface area contributed by atoms with E-state index in [1.54, 1.807) is 18.2 Å². The highest BCUT2D eigenvalue weighted by molar-refractivity contribution is 6.06. The third-order valence-electron chi connectivity index (χ3n) is 3.54. The van der Waals surface area contributed by atoms with Gasteiger partial charge in [-0.25, -0.2) is 0 Å². The van der Waals surface area contributed by atoms with Crippen LogP contribution in [0, 0.1) is 13.8 Å². The summed E-state index contributed by atoms with van der Waals surface area (Å²) in [6, 6.07) is 13.2. The van der Waals surface area contributed by atoms with E-state index in [1.807, 2.05) is 97.0 Å². The van der Waals surface area contributed by atoms with Crippen molar-refractivity contribution in [2.75, 3.05) is 5.32 Å². The normalized spacial score (nSPS) is 10.2. The van der Waals surface area contributed by atoms with Crippen LogP contribution in [-0.4, -0.2) is 5.91 Å². The largest absolute Gasteiger partial charge is 0.457 e. The van der Waals surface area contributed by atoms with Gasteiger partial charge in [0.1, 0.15) is 11.5 Å². The Kier molecular flexibility index (Phi) is 13.3. The molecule has 156 valence electrons. The van der Waals surface area contributed by atoms with Gasteiger partial charge in [0.2, 0.25) is 0 Å². The number of allylic oxidation sites excluding steroid dienone is 4. The zero-order chi connectivity index (χ0) is 22.2. The molecule has 0 radical (unpaired) electrons. The van der Waals surface area contributed by atoms with Crippen LogP contribution in [0.25, 0.3) is 0 Å². The molecule has 1 amide bonds. The molecule has 29 heavy (non-hydrogen) atoms. The molecule has 0 fully saturated rings. The monoisotopic (exact) mass is 393 g/mol. The smallest absolute Gasteiger partial charge is 0.259 e. The highest BCUT2D eigenvalue weighted by Gasteiger charge is 2.14. The molecule has 0 unspecified atom stereocenters. The maximum absolute atomic E-state index is 12.7. The zero-order valence-electron chi connectivity index (χ0n) is 18.9. The summed E-state index contributed by atoms with van der Waals surface area (Å²) in [6.07, 6.45) is 7.18. The summed E-state index contributed by atoms with van der Waals surface area (Å²) in [4.78, 5) is 12.7. The molecule has 0 heterocycles. The minimum Gasteiger partial charge on any atom is -0.457 e. The van der Waals surface area contributed by atoms with Crippen LogP contribution >= 0.6 is 0 Å². The third-order valence-corrected chi connectivity index (χ3v) is 3.54. The van der Waals surface area contributed by atoms with Gasteiger partial charge in [-0.05, 0) is 68.3 Å². The first-order valence-corrected chi connectivity index (χ1v) is 10.2. The highest BCUT2D eigenvalue weighted by atomic mass is 16.5. The first kappa shape index (κ1) is 25.9. The van der Waals surface area contributed by atoms with Gasteiger partial charge in [0.25, 0.3) is 5.91 Å². The molecule has 3 heteroatoms. The van der Waals surface area contributed by atoms with Gasteiger partial charge in [-0.3, -0.25) is 4.79 Å². The van der Waals surface area contributed by atoms with Crippen molar-refractivity contribution >= 4 is 11.6 Å². The van der Waals surface area contributed by atoms with Gasteiger partial charge in [-0.1, -0.05) is 64.6 Å². The van der Waals surface area contributed by atoms with Gasteiger partial charge in [0.05, 0.1) is 5.56 Å². The van der Waals surface area contributed by atoms with E-state index in [4.69, 9.17) is 4.74 Å². The summed E-state index contributed by atoms with van der Waals surface area (Å²) in [5.74, 6) is 0.865. The number of benzene rings is 2. The predicted octanol–water partition coefficient (Wildman–Crippen LogP) is 7.63. The van der Waals surface area contributed by atoms with Crippen LogP contribution in [0.2, 0.25) is 0 Å². The molecule has 0 aromatic heterocycles. The molecule has 0 aliphatic rings. The fraction of sp³-hybridized carbons (Fsp3) is 0.269. The third kappa shape index (κ3) is 9.11. The molecule has 0 saturated carbocycles. The Morgan fingerprint density at radius 2 is 1.66 bits per heavy atom. The van der Waals surface area contributed by atoms with Crippen molar-refractivity contribution in [3.63, 3.8) is 0 Å². The lowest BCUT2D eigenvalue weighted by atomic mass is 10.1. The maximum atomic E-state index is 12.7. The maximum Gasteiger partial charge on any atom is 0.259 e. The number of aryl methyl sites for hydroxylation is 2. The number of anilines is 1. The summed E-state index contributed by atoms with van der Waals surface area (Å²) < 4.78 is 5.89. The lowest BCUT2D eigenvalue weighted by molar-refractivity contribution is 0.102. The van der Waals surface area contributed by atoms with E-state index >= 15 is 0 Å². The second-order valence-corrected chi connectivity index (χ2v) is 5.72. The Morgan fingerprint density at radius 1 is 1.00 bits per heavy atom. The molecule has 2 aromatic carbocycles. The highest BCUT2D eigenvalue weighted by Crippen LogP contribution is 2.24. The number of carbonyl (C=O) groups is 1. The molecule has 0 spiro atoms. The molecule has 1 N–H and O–H groups in total. The Bertz CT molecular complexity index is 832. The lowest BCUT2D eigenvalue weighted by Gasteiger charge is -2.13. The van der Waals surface area contributed by atoms with Crippen molar-refractivity contribution < 1.29 is 9.53 Å². The quantitative estimate of drug-likeness (QED) is 0.404. The number of nitrogens with one attached hydrogen (secondary N) is 1. The SMILES string of the molecule is C=C/C(=C\C=C/C)Oc1cc(C)ccc1C(=O)Nc1cccc(C)c1.CC.CC. The van der Waals surface area contributed by atoms with Gasteiger partial charge in [-0.2, -0.15) is 0 Å². The zero-order valence-corrected chi connectivity index (χ0v) is 18.9. The van der Waals surface area contributed by atoms with Gasteiger partial charge < -0.3 is 10.1 Å². The van der Waals surface area contributed by atoms with Crippen LogP contribution < -0.4 is 10.1 Å². The fourth-order valence-electron chi connectivity index (χ4n) is 2.28. The van der Waals surface area contributed by atoms with Gasteiger partial charge in [0.15, 0.2) is 0 Å². The standard InChI is InChI=1S/C22H23NO2.2C2H6/c1-5-7-11-19(6-2)25-21-15-17(4)12-13-20(21)22(24)23-18-10-8-9-16(3)14-18;2*1-2/h5-15H,2H2,1,3-4H3,(H,23,24);2*1-2H3/b7-5-,19-11+;;. The molecule has 2 rings (SSSR count). The summed E-state index contributed by atoms with van der Waals surface area (Å²) in [5.41, 5.74) is 3.32. The van der Waals surface area contributed by atoms with E-state index in [0.717, 1.165) is 16.8 Å². The minimum absolute atomic E-state index is 0.213. The molecule has 0 saturated heterocycles. The van der Waals surface area contributed by atoms with Crippen molar-refractivity contribution in [3.05, 3.63) is 95.8 Å². The molecule has 3 nitrogen and oxygen atoms in total. The number of rotatable bonds is 6. The van der Waals surface area contributed by atoms with Crippen molar-refractivity contribution in [2.24, 2.45) is 0 Å². The molecule has 0 atom stereocenters. The molecule has 0 aliphatic heterocycles. The Hall–Kier alpha value is -3.07. The second kappa shape index (κ2) is 14.9. The second-order valence-electron chi connectivity index (χ2n) is 5.72. The first-order valence-electron chi connectivity index (χ1n) is 10.2. The van der Waals surface area contributed by atoms with E-state index in [1.165, 1.54) is 0 Å². The summed E-state index contributed by atoms with van der Waals surface area (Å²) >= 11 is 0. The lowest BCUT2D eigenvalue weighted by Crippen LogP contribution is -2.13. The van der Waals surface area contributed by atoms with E-state index in [-0.39, 0.29) is 5.91 Å². The van der Waals surface area contributed by atoms with E-state index in [2.05, 4.69) is 11.9 Å². The average molecular weight is 394 g/mol. The van der Waals surface area contributed by atoms with E-state index in [0.29, 0.717) is 17.1 Å². The van der Waals surface area contributed by atoms with Gasteiger partial charge >= 0.3 is 0 Å². The minimum atomic E-state index is -0.213. The molecular weight excluding hydrogens is 358 g/mol. The van der Waals surface area contributed by atoms with Crippen LogP contribution in [0.5, 0.6) is 5.75 Å². The Morgan fingerprint density at radius 3 is 2.24 bits per heavy atom. The number of carbonyl (C=O) groups excluding carboxylic acids is 1. The molecule has 2 aromatic rings. The predicted molar refractivity (Wildman–Crippen MR) is 127 cm³/mol. The summed E-state index contributed by atoms with van der Waals surface area (Å²) in [6.45, 7) is 17.6. The molecular formula is C26H35NO2. The topological polar surface area (TPSA) is 38.3 Å². The number of hydrogen-bond donors (Lipinski definition) is 1. The Balaban J connectivity index is 0.00000184. The van der Waals surface area contributed by atoms with Crippen LogP contribution in [0.3, 0.4) is 0 Å². The number of ether oxygens (including phenoxy) is 1. The summed E-state index contributed by atoms with van der Waals surface area (Å²) in [5, 5.41) is 2.92. The van der Waals surface area contributed by atoms with Crippen molar-refractivity contribution in [3.8, 4) is 5.75 Å². The number of amides is 1. The van der Waals surface area contributed by atoms with Crippen molar-refractivity contribution in [1.29, 1.82) is 0 Å². The van der Waals surface area contributed by atoms with E-state index < -0.39 is 0 Å². The van der Waals surface area contributed by atoms with Crippen LogP contribution in [0.4, 0.5) is 5.69 Å². The molecule has 0 aliphatic carbocycles. The van der Waals surface area contributed by atoms with Gasteiger partial charge in [0, 0.05) is 5.69 Å². The number of hydrogen-bond acceptors (Lipinski definition) is 2. The van der Waals surface area contributed by atoms with Gasteiger partial charge in [-0.15, -0.1) is 0 Å². The molecule has 0 bridgehead atoms. The average Bonchev–Trinajstić information content (AvgIpc) is 2.74. The fourth-order valence-corrected chi connectivity index (χ4v) is 2.28. The van der Waals surface area contributed by atoms with Crippen LogP contribution in [-0.2, 0) is 0 Å². The van der Waals surface area contributed by atoms with Crippen molar-refractivity contribution in [2.45, 2.75) is 48.5 Å². The Labute approximate surface area is 176 Å². The van der Waals surface area contributed by atoms with Crippen LogP contribution in [0.15, 0.2) is 79.1 Å². The summed E-state index contributed by atoms with van der Waals surface area (Å²) in [7, 11) is 0. The van der Waals surface area contributed by atoms with Crippen molar-refractivity contribution in [1.82, 2.24) is 0 Å². The van der Waals surface area contributed by atoms with Crippen LogP contribution in [0.1, 0.15) is 56.1 Å². The van der Waals surface area contributed by atoms with E-state index in [9.17, 15) is 4.79 Å².